The van der Waals surface area contributed by atoms with Crippen LogP contribution in [-0.2, 0) is 11.2 Å². The lowest BCUT2D eigenvalue weighted by atomic mass is 10.1. The fourth-order valence-electron chi connectivity index (χ4n) is 2.14. The van der Waals surface area contributed by atoms with Crippen LogP contribution in [-0.4, -0.2) is 29.3 Å². The largest absolute Gasteiger partial charge is 0.475 e. The summed E-state index contributed by atoms with van der Waals surface area (Å²) in [6, 6.07) is 17.4. The van der Waals surface area contributed by atoms with Crippen LogP contribution in [0.5, 0.6) is 5.88 Å². The number of ether oxygens (including phenoxy) is 1. The molecule has 0 aliphatic carbocycles. The number of carbonyl (C=O) groups is 1. The van der Waals surface area contributed by atoms with Crippen molar-refractivity contribution in [2.45, 2.75) is 6.42 Å². The lowest BCUT2D eigenvalue weighted by Crippen LogP contribution is -2.29. The Balaban J connectivity index is 1.41. The van der Waals surface area contributed by atoms with E-state index < -0.39 is 0 Å². The minimum atomic E-state index is -0.00782. The molecule has 6 heteroatoms. The van der Waals surface area contributed by atoms with Gasteiger partial charge in [-0.05, 0) is 17.5 Å². The van der Waals surface area contributed by atoms with Gasteiger partial charge in [-0.3, -0.25) is 4.79 Å². The zero-order valence-electron chi connectivity index (χ0n) is 13.0. The highest BCUT2D eigenvalue weighted by atomic mass is 32.1. The molecule has 0 fully saturated rings. The van der Waals surface area contributed by atoms with E-state index in [0.29, 0.717) is 25.5 Å². The Labute approximate surface area is 144 Å². The molecule has 0 radical (unpaired) electrons. The van der Waals surface area contributed by atoms with Crippen molar-refractivity contribution in [1.29, 1.82) is 0 Å². The topological polar surface area (TPSA) is 64.1 Å². The summed E-state index contributed by atoms with van der Waals surface area (Å²) in [6.45, 7) is 0.794. The lowest BCUT2D eigenvalue weighted by Gasteiger charge is -2.07. The summed E-state index contributed by atoms with van der Waals surface area (Å²) < 4.78 is 5.50. The number of amides is 1. The molecule has 0 saturated heterocycles. The van der Waals surface area contributed by atoms with E-state index >= 15 is 0 Å². The van der Waals surface area contributed by atoms with Crippen LogP contribution >= 0.6 is 11.3 Å². The van der Waals surface area contributed by atoms with Gasteiger partial charge in [0.05, 0.1) is 18.7 Å². The lowest BCUT2D eigenvalue weighted by molar-refractivity contribution is -0.120. The van der Waals surface area contributed by atoms with E-state index in [-0.39, 0.29) is 5.91 Å². The predicted molar refractivity (Wildman–Crippen MR) is 94.0 cm³/mol. The second-order valence-corrected chi connectivity index (χ2v) is 6.11. The van der Waals surface area contributed by atoms with Crippen LogP contribution in [0.3, 0.4) is 0 Å². The molecule has 0 atom stereocenters. The van der Waals surface area contributed by atoms with Gasteiger partial charge in [0.25, 0.3) is 0 Å². The van der Waals surface area contributed by atoms with Gasteiger partial charge in [-0.25, -0.2) is 0 Å². The van der Waals surface area contributed by atoms with Gasteiger partial charge in [0, 0.05) is 16.5 Å². The van der Waals surface area contributed by atoms with E-state index in [1.807, 2.05) is 53.9 Å². The zero-order chi connectivity index (χ0) is 16.6. The maximum Gasteiger partial charge on any atom is 0.233 e. The van der Waals surface area contributed by atoms with Crippen LogP contribution < -0.4 is 10.1 Å². The summed E-state index contributed by atoms with van der Waals surface area (Å²) in [6.07, 6.45) is 0.406. The molecule has 122 valence electrons. The molecule has 0 bridgehead atoms. The second-order valence-electron chi connectivity index (χ2n) is 5.08. The summed E-state index contributed by atoms with van der Waals surface area (Å²) in [5, 5.41) is 13.0. The molecule has 0 aliphatic heterocycles. The van der Waals surface area contributed by atoms with E-state index in [9.17, 15) is 4.79 Å². The molecule has 1 N–H and O–H groups in total. The Morgan fingerprint density at radius 3 is 2.62 bits per heavy atom. The standard InChI is InChI=1S/C18H17N3O2S/c22-17(13-15-7-4-12-24-15)19-10-11-23-18-9-8-16(20-21-18)14-5-2-1-3-6-14/h1-9,12H,10-11,13H2,(H,19,22). The second kappa shape index (κ2) is 8.21. The highest BCUT2D eigenvalue weighted by Crippen LogP contribution is 2.16. The van der Waals surface area contributed by atoms with Crippen molar-refractivity contribution >= 4 is 17.2 Å². The predicted octanol–water partition coefficient (Wildman–Crippen LogP) is 2.94. The molecule has 0 spiro atoms. The molecule has 24 heavy (non-hydrogen) atoms. The third-order valence-corrected chi connectivity index (χ3v) is 4.18. The van der Waals surface area contributed by atoms with Crippen molar-refractivity contribution in [3.8, 4) is 17.1 Å². The first-order valence-electron chi connectivity index (χ1n) is 7.62. The number of carbonyl (C=O) groups excluding carboxylic acids is 1. The summed E-state index contributed by atoms with van der Waals surface area (Å²) in [5.74, 6) is 0.439. The van der Waals surface area contributed by atoms with Gasteiger partial charge >= 0.3 is 0 Å². The van der Waals surface area contributed by atoms with Crippen LogP contribution in [0, 0.1) is 0 Å². The fourth-order valence-corrected chi connectivity index (χ4v) is 2.84. The molecular formula is C18H17N3O2S. The third-order valence-electron chi connectivity index (χ3n) is 3.30. The van der Waals surface area contributed by atoms with E-state index in [2.05, 4.69) is 15.5 Å². The molecule has 1 amide bonds. The molecule has 1 aromatic carbocycles. The number of nitrogens with one attached hydrogen (secondary N) is 1. The van der Waals surface area contributed by atoms with Crippen molar-refractivity contribution in [3.63, 3.8) is 0 Å². The van der Waals surface area contributed by atoms with Crippen LogP contribution in [0.25, 0.3) is 11.3 Å². The number of benzene rings is 1. The Hall–Kier alpha value is -2.73. The van der Waals surface area contributed by atoms with Gasteiger partial charge < -0.3 is 10.1 Å². The molecule has 3 rings (SSSR count). The van der Waals surface area contributed by atoms with Crippen LogP contribution in [0.2, 0.25) is 0 Å². The molecule has 0 unspecified atom stereocenters. The molecule has 0 saturated carbocycles. The van der Waals surface area contributed by atoms with Crippen molar-refractivity contribution < 1.29 is 9.53 Å². The van der Waals surface area contributed by atoms with Crippen LogP contribution in [0.15, 0.2) is 60.0 Å². The Kier molecular flexibility index (Phi) is 5.52. The Bertz CT molecular complexity index is 759. The number of hydrogen-bond donors (Lipinski definition) is 1. The molecule has 2 heterocycles. The quantitative estimate of drug-likeness (QED) is 0.672. The number of aromatic nitrogens is 2. The highest BCUT2D eigenvalue weighted by molar-refractivity contribution is 7.10. The van der Waals surface area contributed by atoms with Gasteiger partial charge in [-0.15, -0.1) is 21.5 Å². The first-order chi connectivity index (χ1) is 11.8. The first kappa shape index (κ1) is 16.1. The molecule has 0 aliphatic rings. The van der Waals surface area contributed by atoms with Gasteiger partial charge in [-0.2, -0.15) is 0 Å². The summed E-state index contributed by atoms with van der Waals surface area (Å²) in [7, 11) is 0. The van der Waals surface area contributed by atoms with Crippen molar-refractivity contribution in [1.82, 2.24) is 15.5 Å². The molecule has 2 aromatic heterocycles. The van der Waals surface area contributed by atoms with Gasteiger partial charge in [0.1, 0.15) is 6.61 Å². The van der Waals surface area contributed by atoms with Crippen LogP contribution in [0.4, 0.5) is 0 Å². The molecule has 5 nitrogen and oxygen atoms in total. The highest BCUT2D eigenvalue weighted by Gasteiger charge is 2.04. The average Bonchev–Trinajstić information content (AvgIpc) is 3.13. The first-order valence-corrected chi connectivity index (χ1v) is 8.50. The molecule has 3 aromatic rings. The minimum absolute atomic E-state index is 0.00782. The number of rotatable bonds is 7. The summed E-state index contributed by atoms with van der Waals surface area (Å²) >= 11 is 1.58. The monoisotopic (exact) mass is 339 g/mol. The maximum absolute atomic E-state index is 11.7. The van der Waals surface area contributed by atoms with E-state index in [4.69, 9.17) is 4.74 Å². The van der Waals surface area contributed by atoms with Gasteiger partial charge in [0.15, 0.2) is 0 Å². The molecular weight excluding hydrogens is 322 g/mol. The third kappa shape index (κ3) is 4.63. The van der Waals surface area contributed by atoms with Gasteiger partial charge in [-0.1, -0.05) is 36.4 Å². The Morgan fingerprint density at radius 2 is 1.92 bits per heavy atom. The van der Waals surface area contributed by atoms with Crippen molar-refractivity contribution in [2.24, 2.45) is 0 Å². The number of hydrogen-bond acceptors (Lipinski definition) is 5. The van der Waals surface area contributed by atoms with E-state index in [1.54, 1.807) is 17.4 Å². The van der Waals surface area contributed by atoms with Crippen molar-refractivity contribution in [3.05, 3.63) is 64.9 Å². The fraction of sp³-hybridized carbons (Fsp3) is 0.167. The summed E-state index contributed by atoms with van der Waals surface area (Å²) in [5.41, 5.74) is 1.81. The zero-order valence-corrected chi connectivity index (χ0v) is 13.8. The minimum Gasteiger partial charge on any atom is -0.475 e. The van der Waals surface area contributed by atoms with E-state index in [0.717, 1.165) is 16.1 Å². The number of thiophene rings is 1. The van der Waals surface area contributed by atoms with E-state index in [1.165, 1.54) is 0 Å². The Morgan fingerprint density at radius 1 is 1.04 bits per heavy atom. The average molecular weight is 339 g/mol. The van der Waals surface area contributed by atoms with Crippen LogP contribution in [0.1, 0.15) is 4.88 Å². The number of nitrogens with zero attached hydrogens (tertiary/aromatic N) is 2. The normalized spacial score (nSPS) is 10.3. The smallest absolute Gasteiger partial charge is 0.233 e. The van der Waals surface area contributed by atoms with Gasteiger partial charge in [0.2, 0.25) is 11.8 Å². The van der Waals surface area contributed by atoms with Crippen molar-refractivity contribution in [2.75, 3.05) is 13.2 Å². The maximum atomic E-state index is 11.7. The SMILES string of the molecule is O=C(Cc1cccs1)NCCOc1ccc(-c2ccccc2)nn1. The summed E-state index contributed by atoms with van der Waals surface area (Å²) in [4.78, 5) is 12.8.